The Morgan fingerprint density at radius 1 is 1.37 bits per heavy atom. The number of aromatic nitrogens is 2. The second kappa shape index (κ2) is 6.49. The molecule has 8 nitrogen and oxygen atoms in total. The quantitative estimate of drug-likeness (QED) is 0.408. The number of carbonyl (C=O) groups excluding carboxylic acids is 1. The smallest absolute Gasteiger partial charge is 0.293 e. The van der Waals surface area contributed by atoms with E-state index in [-0.39, 0.29) is 30.9 Å². The van der Waals surface area contributed by atoms with Crippen LogP contribution >= 0.6 is 0 Å². The summed E-state index contributed by atoms with van der Waals surface area (Å²) in [6.07, 6.45) is 0. The number of hydroxylamine groups is 2. The van der Waals surface area contributed by atoms with Crippen LogP contribution in [0.25, 0.3) is 22.3 Å². The van der Waals surface area contributed by atoms with Gasteiger partial charge in [-0.1, -0.05) is 6.07 Å². The van der Waals surface area contributed by atoms with E-state index in [0.717, 1.165) is 10.6 Å². The van der Waals surface area contributed by atoms with Crippen LogP contribution in [-0.2, 0) is 29.2 Å². The SMILES string of the molecule is CN(O)Cc1cc2n(c(=O)c1COC=O)Cc1cc3c(O)cccc3nc1-2. The van der Waals surface area contributed by atoms with Crippen LogP contribution < -0.4 is 5.56 Å². The van der Waals surface area contributed by atoms with Crippen molar-refractivity contribution in [3.8, 4) is 17.1 Å². The molecule has 2 N–H and O–H groups in total. The van der Waals surface area contributed by atoms with Crippen molar-refractivity contribution in [3.63, 3.8) is 0 Å². The monoisotopic (exact) mass is 367 g/mol. The Hall–Kier alpha value is -3.23. The molecule has 0 unspecified atom stereocenters. The van der Waals surface area contributed by atoms with E-state index < -0.39 is 0 Å². The number of nitrogens with zero attached hydrogens (tertiary/aromatic N) is 3. The third kappa shape index (κ3) is 2.84. The predicted octanol–water partition coefficient (Wildman–Crippen LogP) is 1.62. The molecule has 3 heterocycles. The Morgan fingerprint density at radius 3 is 2.93 bits per heavy atom. The average molecular weight is 367 g/mol. The number of phenolic OH excluding ortho intramolecular Hbond substituents is 1. The summed E-state index contributed by atoms with van der Waals surface area (Å²) >= 11 is 0. The van der Waals surface area contributed by atoms with Crippen molar-refractivity contribution >= 4 is 17.4 Å². The number of pyridine rings is 2. The molecule has 0 radical (unpaired) electrons. The highest BCUT2D eigenvalue weighted by Crippen LogP contribution is 2.34. The number of rotatable bonds is 5. The van der Waals surface area contributed by atoms with E-state index in [1.165, 1.54) is 7.05 Å². The topological polar surface area (TPSA) is 105 Å². The van der Waals surface area contributed by atoms with Gasteiger partial charge in [-0.3, -0.25) is 9.59 Å². The van der Waals surface area contributed by atoms with Crippen LogP contribution in [0, 0.1) is 0 Å². The van der Waals surface area contributed by atoms with Crippen LogP contribution in [0.2, 0.25) is 0 Å². The fraction of sp³-hybridized carbons (Fsp3) is 0.211. The summed E-state index contributed by atoms with van der Waals surface area (Å²) < 4.78 is 6.36. The van der Waals surface area contributed by atoms with Gasteiger partial charge in [0.05, 0.1) is 29.0 Å². The molecule has 0 bridgehead atoms. The first-order valence-corrected chi connectivity index (χ1v) is 8.32. The number of hydrogen-bond acceptors (Lipinski definition) is 7. The summed E-state index contributed by atoms with van der Waals surface area (Å²) in [6.45, 7) is 0.530. The highest BCUT2D eigenvalue weighted by molar-refractivity contribution is 5.88. The Morgan fingerprint density at radius 2 is 2.19 bits per heavy atom. The van der Waals surface area contributed by atoms with E-state index in [2.05, 4.69) is 4.98 Å². The van der Waals surface area contributed by atoms with Gasteiger partial charge in [0, 0.05) is 24.5 Å². The zero-order valence-corrected chi connectivity index (χ0v) is 14.5. The summed E-state index contributed by atoms with van der Waals surface area (Å²) in [6, 6.07) is 8.72. The molecule has 0 fully saturated rings. The summed E-state index contributed by atoms with van der Waals surface area (Å²) in [4.78, 5) is 28.2. The minimum absolute atomic E-state index is 0.102. The molecule has 0 saturated heterocycles. The fourth-order valence-electron chi connectivity index (χ4n) is 3.49. The van der Waals surface area contributed by atoms with Crippen LogP contribution in [0.15, 0.2) is 35.1 Å². The van der Waals surface area contributed by atoms with Gasteiger partial charge in [0.15, 0.2) is 0 Å². The third-order valence-electron chi connectivity index (χ3n) is 4.67. The van der Waals surface area contributed by atoms with Crippen LogP contribution in [0.1, 0.15) is 16.7 Å². The lowest BCUT2D eigenvalue weighted by Gasteiger charge is -2.15. The molecule has 8 heteroatoms. The lowest BCUT2D eigenvalue weighted by molar-refractivity contribution is -0.129. The number of phenols is 1. The number of fused-ring (bicyclic) bond motifs is 4. The average Bonchev–Trinajstić information content (AvgIpc) is 2.98. The van der Waals surface area contributed by atoms with Crippen molar-refractivity contribution < 1.29 is 19.8 Å². The minimum Gasteiger partial charge on any atom is -0.507 e. The zero-order valence-electron chi connectivity index (χ0n) is 14.5. The van der Waals surface area contributed by atoms with Gasteiger partial charge in [0.25, 0.3) is 12.0 Å². The van der Waals surface area contributed by atoms with Crippen LogP contribution in [0.4, 0.5) is 0 Å². The van der Waals surface area contributed by atoms with Crippen molar-refractivity contribution in [2.75, 3.05) is 7.05 Å². The third-order valence-corrected chi connectivity index (χ3v) is 4.67. The fourth-order valence-corrected chi connectivity index (χ4v) is 3.49. The molecule has 27 heavy (non-hydrogen) atoms. The molecular formula is C19H17N3O5. The van der Waals surface area contributed by atoms with Crippen molar-refractivity contribution in [1.82, 2.24) is 14.6 Å². The maximum Gasteiger partial charge on any atom is 0.293 e. The molecule has 0 atom stereocenters. The van der Waals surface area contributed by atoms with Crippen LogP contribution in [0.3, 0.4) is 0 Å². The first kappa shape index (κ1) is 17.2. The van der Waals surface area contributed by atoms with Gasteiger partial charge in [-0.05, 0) is 29.8 Å². The normalized spacial score (nSPS) is 12.3. The molecular weight excluding hydrogens is 350 g/mol. The van der Waals surface area contributed by atoms with E-state index in [4.69, 9.17) is 4.74 Å². The van der Waals surface area contributed by atoms with Crippen molar-refractivity contribution in [2.45, 2.75) is 19.7 Å². The number of aromatic hydroxyl groups is 1. The second-order valence-corrected chi connectivity index (χ2v) is 6.49. The highest BCUT2D eigenvalue weighted by atomic mass is 16.5. The highest BCUT2D eigenvalue weighted by Gasteiger charge is 2.26. The summed E-state index contributed by atoms with van der Waals surface area (Å²) in [7, 11) is 1.47. The Labute approximate surface area is 153 Å². The molecule has 3 aromatic rings. The van der Waals surface area contributed by atoms with Crippen molar-refractivity contribution in [1.29, 1.82) is 0 Å². The Kier molecular flexibility index (Phi) is 4.14. The van der Waals surface area contributed by atoms with Gasteiger partial charge in [-0.25, -0.2) is 4.98 Å². The summed E-state index contributed by atoms with van der Waals surface area (Å²) in [5.41, 5.74) is 3.32. The maximum atomic E-state index is 13.0. The molecule has 0 spiro atoms. The number of ether oxygens (including phenoxy) is 1. The van der Waals surface area contributed by atoms with Crippen molar-refractivity contribution in [2.24, 2.45) is 0 Å². The van der Waals surface area contributed by atoms with Gasteiger partial charge in [0.1, 0.15) is 12.4 Å². The zero-order chi connectivity index (χ0) is 19.1. The van der Waals surface area contributed by atoms with E-state index >= 15 is 0 Å². The van der Waals surface area contributed by atoms with Crippen molar-refractivity contribution in [3.05, 3.63) is 57.4 Å². The lowest BCUT2D eigenvalue weighted by atomic mass is 10.1. The van der Waals surface area contributed by atoms with E-state index in [1.54, 1.807) is 28.8 Å². The molecule has 1 aliphatic heterocycles. The molecule has 0 aliphatic carbocycles. The lowest BCUT2D eigenvalue weighted by Crippen LogP contribution is -2.27. The van der Waals surface area contributed by atoms with Gasteiger partial charge < -0.3 is 19.6 Å². The van der Waals surface area contributed by atoms with E-state index in [0.29, 0.717) is 40.0 Å². The Balaban J connectivity index is 1.92. The predicted molar refractivity (Wildman–Crippen MR) is 96.3 cm³/mol. The van der Waals surface area contributed by atoms with Gasteiger partial charge in [-0.2, -0.15) is 5.06 Å². The standard InChI is InChI=1S/C19H17N3O5/c1-21(26)7-11-6-16-18-12(5-13-15(20-18)3-2-4-17(13)24)8-22(16)19(25)14(11)9-27-10-23/h2-6,10,24,26H,7-9H2,1H3. The molecule has 0 amide bonds. The first-order valence-electron chi connectivity index (χ1n) is 8.32. The van der Waals surface area contributed by atoms with E-state index in [9.17, 15) is 19.9 Å². The number of hydrogen-bond donors (Lipinski definition) is 2. The van der Waals surface area contributed by atoms with Gasteiger partial charge in [0.2, 0.25) is 0 Å². The molecule has 1 aromatic carbocycles. The number of benzene rings is 1. The van der Waals surface area contributed by atoms with Crippen LogP contribution in [0.5, 0.6) is 5.75 Å². The van der Waals surface area contributed by atoms with Crippen LogP contribution in [-0.4, -0.2) is 38.4 Å². The minimum atomic E-state index is -0.294. The summed E-state index contributed by atoms with van der Waals surface area (Å²) in [5.74, 6) is 0.133. The molecule has 138 valence electrons. The molecule has 1 aliphatic rings. The molecule has 2 aromatic heterocycles. The summed E-state index contributed by atoms with van der Waals surface area (Å²) in [5, 5.41) is 21.3. The maximum absolute atomic E-state index is 13.0. The van der Waals surface area contributed by atoms with Gasteiger partial charge in [-0.15, -0.1) is 0 Å². The second-order valence-electron chi connectivity index (χ2n) is 6.49. The molecule has 0 saturated carbocycles. The van der Waals surface area contributed by atoms with Gasteiger partial charge >= 0.3 is 0 Å². The Bertz CT molecular complexity index is 1120. The largest absolute Gasteiger partial charge is 0.507 e. The molecule has 4 rings (SSSR count). The van der Waals surface area contributed by atoms with E-state index in [1.807, 2.05) is 6.07 Å². The number of carbonyl (C=O) groups is 1. The first-order chi connectivity index (χ1) is 13.0.